The highest BCUT2D eigenvalue weighted by molar-refractivity contribution is 5.99. The van der Waals surface area contributed by atoms with E-state index in [2.05, 4.69) is 10.6 Å². The maximum atomic E-state index is 12.4. The fourth-order valence-corrected chi connectivity index (χ4v) is 2.62. The van der Waals surface area contributed by atoms with Crippen LogP contribution >= 0.6 is 0 Å². The molecule has 0 aromatic heterocycles. The Bertz CT molecular complexity index is 813. The van der Waals surface area contributed by atoms with E-state index in [9.17, 15) is 9.59 Å². The van der Waals surface area contributed by atoms with E-state index in [1.807, 2.05) is 32.0 Å². The zero-order valence-electron chi connectivity index (χ0n) is 16.6. The maximum absolute atomic E-state index is 12.4. The van der Waals surface area contributed by atoms with Crippen molar-refractivity contribution in [3.05, 3.63) is 53.1 Å². The average molecular weight is 386 g/mol. The average Bonchev–Trinajstić information content (AvgIpc) is 2.71. The standard InChI is InChI=1S/C21H26N2O5/c1-14-7-5-8-16(15(14)2)28-13-19(24)22-11-12-23-21(25)20-17(26-3)9-6-10-18(20)27-4/h5-10H,11-13H2,1-4H3,(H,22,24)(H,23,25). The van der Waals surface area contributed by atoms with Crippen molar-refractivity contribution in [3.63, 3.8) is 0 Å². The molecule has 0 aliphatic carbocycles. The molecule has 150 valence electrons. The Balaban J connectivity index is 1.79. The van der Waals surface area contributed by atoms with Crippen LogP contribution in [-0.4, -0.2) is 45.7 Å². The summed E-state index contributed by atoms with van der Waals surface area (Å²) in [5, 5.41) is 5.45. The quantitative estimate of drug-likeness (QED) is 0.646. The van der Waals surface area contributed by atoms with Crippen molar-refractivity contribution in [2.24, 2.45) is 0 Å². The molecule has 0 spiro atoms. The molecular weight excluding hydrogens is 360 g/mol. The third kappa shape index (κ3) is 5.39. The summed E-state index contributed by atoms with van der Waals surface area (Å²) in [5.41, 5.74) is 2.43. The van der Waals surface area contributed by atoms with Crippen LogP contribution in [0, 0.1) is 13.8 Å². The Kier molecular flexibility index (Phi) is 7.68. The lowest BCUT2D eigenvalue weighted by atomic mass is 10.1. The van der Waals surface area contributed by atoms with Gasteiger partial charge in [-0.05, 0) is 43.2 Å². The second-order valence-electron chi connectivity index (χ2n) is 6.13. The van der Waals surface area contributed by atoms with Crippen LogP contribution in [0.3, 0.4) is 0 Å². The van der Waals surface area contributed by atoms with Crippen molar-refractivity contribution in [1.82, 2.24) is 10.6 Å². The minimum Gasteiger partial charge on any atom is -0.496 e. The third-order valence-electron chi connectivity index (χ3n) is 4.30. The van der Waals surface area contributed by atoms with Crippen molar-refractivity contribution in [1.29, 1.82) is 0 Å². The number of hydrogen-bond acceptors (Lipinski definition) is 5. The number of carbonyl (C=O) groups excluding carboxylic acids is 2. The Morgan fingerprint density at radius 2 is 1.43 bits per heavy atom. The van der Waals surface area contributed by atoms with E-state index in [1.54, 1.807) is 18.2 Å². The van der Waals surface area contributed by atoms with Gasteiger partial charge in [0.15, 0.2) is 6.61 Å². The third-order valence-corrected chi connectivity index (χ3v) is 4.30. The SMILES string of the molecule is COc1cccc(OC)c1C(=O)NCCNC(=O)COc1cccc(C)c1C. The van der Waals surface area contributed by atoms with Gasteiger partial charge in [0, 0.05) is 13.1 Å². The molecule has 7 heteroatoms. The zero-order chi connectivity index (χ0) is 20.5. The van der Waals surface area contributed by atoms with Crippen molar-refractivity contribution >= 4 is 11.8 Å². The molecule has 0 heterocycles. The zero-order valence-corrected chi connectivity index (χ0v) is 16.6. The molecule has 2 aromatic rings. The van der Waals surface area contributed by atoms with E-state index in [0.717, 1.165) is 11.1 Å². The van der Waals surface area contributed by atoms with Gasteiger partial charge in [0.1, 0.15) is 22.8 Å². The van der Waals surface area contributed by atoms with E-state index in [4.69, 9.17) is 14.2 Å². The molecule has 28 heavy (non-hydrogen) atoms. The fraction of sp³-hybridized carbons (Fsp3) is 0.333. The van der Waals surface area contributed by atoms with Crippen LogP contribution in [0.5, 0.6) is 17.2 Å². The summed E-state index contributed by atoms with van der Waals surface area (Å²) < 4.78 is 16.0. The lowest BCUT2D eigenvalue weighted by Crippen LogP contribution is -2.37. The van der Waals surface area contributed by atoms with Gasteiger partial charge in [0.05, 0.1) is 14.2 Å². The number of rotatable bonds is 9. The Morgan fingerprint density at radius 1 is 0.857 bits per heavy atom. The number of nitrogens with one attached hydrogen (secondary N) is 2. The van der Waals surface area contributed by atoms with E-state index in [1.165, 1.54) is 14.2 Å². The van der Waals surface area contributed by atoms with Crippen molar-refractivity contribution < 1.29 is 23.8 Å². The van der Waals surface area contributed by atoms with Gasteiger partial charge in [0.2, 0.25) is 0 Å². The fourth-order valence-electron chi connectivity index (χ4n) is 2.62. The lowest BCUT2D eigenvalue weighted by molar-refractivity contribution is -0.123. The second kappa shape index (κ2) is 10.2. The molecule has 0 radical (unpaired) electrons. The summed E-state index contributed by atoms with van der Waals surface area (Å²) in [5.74, 6) is 0.928. The molecule has 2 aromatic carbocycles. The summed E-state index contributed by atoms with van der Waals surface area (Å²) in [7, 11) is 2.98. The number of aryl methyl sites for hydroxylation is 1. The molecule has 7 nitrogen and oxygen atoms in total. The number of hydrogen-bond donors (Lipinski definition) is 2. The first-order valence-corrected chi connectivity index (χ1v) is 8.92. The van der Waals surface area contributed by atoms with Gasteiger partial charge in [-0.2, -0.15) is 0 Å². The van der Waals surface area contributed by atoms with Gasteiger partial charge in [0.25, 0.3) is 11.8 Å². The van der Waals surface area contributed by atoms with Crippen LogP contribution < -0.4 is 24.8 Å². The lowest BCUT2D eigenvalue weighted by Gasteiger charge is -2.13. The van der Waals surface area contributed by atoms with E-state index >= 15 is 0 Å². The molecule has 0 aliphatic rings. The molecular formula is C21H26N2O5. The first-order chi connectivity index (χ1) is 13.5. The van der Waals surface area contributed by atoms with Crippen LogP contribution in [-0.2, 0) is 4.79 Å². The molecule has 2 rings (SSSR count). The molecule has 0 saturated carbocycles. The monoisotopic (exact) mass is 386 g/mol. The van der Waals surface area contributed by atoms with Gasteiger partial charge in [-0.3, -0.25) is 9.59 Å². The minimum atomic E-state index is -0.338. The molecule has 0 bridgehead atoms. The highest BCUT2D eigenvalue weighted by atomic mass is 16.5. The van der Waals surface area contributed by atoms with Gasteiger partial charge in [-0.15, -0.1) is 0 Å². The van der Waals surface area contributed by atoms with E-state index in [-0.39, 0.29) is 31.5 Å². The molecule has 0 fully saturated rings. The Morgan fingerprint density at radius 3 is 2.07 bits per heavy atom. The van der Waals surface area contributed by atoms with Crippen LogP contribution in [0.25, 0.3) is 0 Å². The molecule has 2 N–H and O–H groups in total. The van der Waals surface area contributed by atoms with E-state index < -0.39 is 0 Å². The maximum Gasteiger partial charge on any atom is 0.258 e. The Hall–Kier alpha value is -3.22. The molecule has 2 amide bonds. The number of methoxy groups -OCH3 is 2. The summed E-state index contributed by atoms with van der Waals surface area (Å²) >= 11 is 0. The number of carbonyl (C=O) groups is 2. The van der Waals surface area contributed by atoms with Crippen molar-refractivity contribution in [2.75, 3.05) is 33.9 Å². The Labute approximate surface area is 165 Å². The van der Waals surface area contributed by atoms with Crippen LogP contribution in [0.4, 0.5) is 0 Å². The van der Waals surface area contributed by atoms with Crippen LogP contribution in [0.2, 0.25) is 0 Å². The van der Waals surface area contributed by atoms with Crippen molar-refractivity contribution in [3.8, 4) is 17.2 Å². The minimum absolute atomic E-state index is 0.0848. The molecule has 0 aliphatic heterocycles. The highest BCUT2D eigenvalue weighted by Gasteiger charge is 2.17. The first kappa shape index (κ1) is 21.1. The first-order valence-electron chi connectivity index (χ1n) is 8.92. The van der Waals surface area contributed by atoms with Gasteiger partial charge < -0.3 is 24.8 Å². The summed E-state index contributed by atoms with van der Waals surface area (Å²) in [6, 6.07) is 10.8. The summed E-state index contributed by atoms with van der Waals surface area (Å²) in [6.45, 7) is 4.39. The number of benzene rings is 2. The molecule has 0 unspecified atom stereocenters. The largest absolute Gasteiger partial charge is 0.496 e. The predicted molar refractivity (Wildman–Crippen MR) is 106 cm³/mol. The van der Waals surface area contributed by atoms with Gasteiger partial charge >= 0.3 is 0 Å². The number of ether oxygens (including phenoxy) is 3. The summed E-state index contributed by atoms with van der Waals surface area (Å²) in [4.78, 5) is 24.4. The number of amides is 2. The normalized spacial score (nSPS) is 10.1. The smallest absolute Gasteiger partial charge is 0.258 e. The van der Waals surface area contributed by atoms with Crippen LogP contribution in [0.15, 0.2) is 36.4 Å². The van der Waals surface area contributed by atoms with Gasteiger partial charge in [-0.25, -0.2) is 0 Å². The predicted octanol–water partition coefficient (Wildman–Crippen LogP) is 2.25. The highest BCUT2D eigenvalue weighted by Crippen LogP contribution is 2.27. The van der Waals surface area contributed by atoms with Crippen molar-refractivity contribution in [2.45, 2.75) is 13.8 Å². The van der Waals surface area contributed by atoms with Crippen LogP contribution in [0.1, 0.15) is 21.5 Å². The second-order valence-corrected chi connectivity index (χ2v) is 6.13. The summed E-state index contributed by atoms with van der Waals surface area (Å²) in [6.07, 6.45) is 0. The van der Waals surface area contributed by atoms with E-state index in [0.29, 0.717) is 22.8 Å². The molecule has 0 saturated heterocycles. The van der Waals surface area contributed by atoms with Gasteiger partial charge in [-0.1, -0.05) is 18.2 Å². The molecule has 0 atom stereocenters. The topological polar surface area (TPSA) is 85.9 Å².